The number of H-pyrrole nitrogens is 2. The first-order valence-electron chi connectivity index (χ1n) is 16.9. The highest BCUT2D eigenvalue weighted by molar-refractivity contribution is 5.86. The summed E-state index contributed by atoms with van der Waals surface area (Å²) in [5.74, 6) is 3.37. The van der Waals surface area contributed by atoms with Crippen molar-refractivity contribution in [1.29, 1.82) is 0 Å². The van der Waals surface area contributed by atoms with Crippen molar-refractivity contribution in [2.24, 2.45) is 0 Å². The van der Waals surface area contributed by atoms with E-state index in [0.29, 0.717) is 30.0 Å². The van der Waals surface area contributed by atoms with Crippen molar-refractivity contribution in [2.75, 3.05) is 43.4 Å². The lowest BCUT2D eigenvalue weighted by atomic mass is 9.99. The highest BCUT2D eigenvalue weighted by atomic mass is 35.5. The Morgan fingerprint density at radius 2 is 1.44 bits per heavy atom. The van der Waals surface area contributed by atoms with E-state index < -0.39 is 0 Å². The quantitative estimate of drug-likeness (QED) is 0.139. The lowest BCUT2D eigenvalue weighted by Gasteiger charge is -2.33. The van der Waals surface area contributed by atoms with E-state index in [1.165, 1.54) is 5.56 Å². The van der Waals surface area contributed by atoms with Crippen molar-refractivity contribution < 1.29 is 9.47 Å². The standard InChI is InChI=1S/C24H30N6O2.C10H14N6.2ClH/c1-4-31-19-12-16(11-17-5-8-24(2,3)32-21(17)19)13-30-9-6-18(7-10-30)29-23-20-22(26-14-25-20)27-15-28-23;1-3-11-4-2-7(1)16-10-8-9(13-5-12-8)14-6-15-10;;/h5,8,11-12,14-15,18H,4,6-7,9-10,13H2,1-3H3,(H2,25,26,27,28,29);5-7,11H,1-4H2,(H2,12,13,14,15,16);2*1H. The number of nitrogens with one attached hydrogen (secondary N) is 5. The molecule has 5 aromatic rings. The van der Waals surface area contributed by atoms with Crippen LogP contribution >= 0.6 is 24.8 Å². The van der Waals surface area contributed by atoms with Gasteiger partial charge in [-0.2, -0.15) is 0 Å². The number of ether oxygens (including phenoxy) is 2. The fourth-order valence-corrected chi connectivity index (χ4v) is 6.45. The third-order valence-corrected chi connectivity index (χ3v) is 8.93. The Labute approximate surface area is 303 Å². The Balaban J connectivity index is 0.000000228. The smallest absolute Gasteiger partial charge is 0.182 e. The molecule has 4 aromatic heterocycles. The second-order valence-corrected chi connectivity index (χ2v) is 13.0. The van der Waals surface area contributed by atoms with Crippen molar-refractivity contribution in [3.05, 3.63) is 54.6 Å². The van der Waals surface area contributed by atoms with Crippen LogP contribution in [0.1, 0.15) is 57.6 Å². The summed E-state index contributed by atoms with van der Waals surface area (Å²) in [7, 11) is 0. The van der Waals surface area contributed by atoms with Gasteiger partial charge in [-0.15, -0.1) is 24.8 Å². The lowest BCUT2D eigenvalue weighted by molar-refractivity contribution is 0.149. The number of aromatic amines is 2. The zero-order valence-electron chi connectivity index (χ0n) is 28.6. The minimum Gasteiger partial charge on any atom is -0.490 e. The van der Waals surface area contributed by atoms with E-state index in [0.717, 1.165) is 98.1 Å². The molecular weight excluding hydrogens is 679 g/mol. The van der Waals surface area contributed by atoms with Crippen LogP contribution in [0, 0.1) is 0 Å². The van der Waals surface area contributed by atoms with Gasteiger partial charge in [-0.25, -0.2) is 29.9 Å². The van der Waals surface area contributed by atoms with E-state index in [4.69, 9.17) is 9.47 Å². The summed E-state index contributed by atoms with van der Waals surface area (Å²) in [6, 6.07) is 5.23. The van der Waals surface area contributed by atoms with Gasteiger partial charge in [-0.05, 0) is 83.3 Å². The van der Waals surface area contributed by atoms with Crippen LogP contribution in [0.3, 0.4) is 0 Å². The minimum atomic E-state index is -0.319. The second-order valence-electron chi connectivity index (χ2n) is 13.0. The van der Waals surface area contributed by atoms with Gasteiger partial charge in [-0.1, -0.05) is 6.08 Å². The van der Waals surface area contributed by atoms with E-state index in [1.807, 2.05) is 6.92 Å². The van der Waals surface area contributed by atoms with E-state index in [-0.39, 0.29) is 30.4 Å². The molecule has 14 nitrogen and oxygen atoms in total. The van der Waals surface area contributed by atoms with Gasteiger partial charge in [0.2, 0.25) is 0 Å². The van der Waals surface area contributed by atoms with Crippen LogP contribution in [-0.4, -0.2) is 95.2 Å². The molecule has 0 aliphatic carbocycles. The molecule has 50 heavy (non-hydrogen) atoms. The highest BCUT2D eigenvalue weighted by Crippen LogP contribution is 2.40. The van der Waals surface area contributed by atoms with Crippen molar-refractivity contribution in [3.8, 4) is 11.5 Å². The van der Waals surface area contributed by atoms with Gasteiger partial charge in [0.15, 0.2) is 34.4 Å². The third-order valence-electron chi connectivity index (χ3n) is 8.93. The summed E-state index contributed by atoms with van der Waals surface area (Å²) < 4.78 is 12.1. The number of halogens is 2. The van der Waals surface area contributed by atoms with Gasteiger partial charge in [-0.3, -0.25) is 4.90 Å². The molecule has 8 rings (SSSR count). The Hall–Kier alpha value is -4.24. The zero-order chi connectivity index (χ0) is 32.9. The predicted molar refractivity (Wildman–Crippen MR) is 201 cm³/mol. The van der Waals surface area contributed by atoms with Crippen LogP contribution < -0.4 is 25.4 Å². The van der Waals surface area contributed by atoms with Crippen LogP contribution in [0.25, 0.3) is 28.4 Å². The van der Waals surface area contributed by atoms with Crippen molar-refractivity contribution in [3.63, 3.8) is 0 Å². The van der Waals surface area contributed by atoms with Gasteiger partial charge in [0.1, 0.15) is 29.3 Å². The average Bonchev–Trinajstić information content (AvgIpc) is 3.78. The third kappa shape index (κ3) is 8.73. The maximum absolute atomic E-state index is 6.19. The van der Waals surface area contributed by atoms with Crippen LogP contribution in [0.15, 0.2) is 43.5 Å². The first-order chi connectivity index (χ1) is 23.4. The fraction of sp³-hybridized carbons (Fsp3) is 0.471. The predicted octanol–water partition coefficient (Wildman–Crippen LogP) is 5.37. The second kappa shape index (κ2) is 16.6. The number of imidazole rings is 2. The Morgan fingerprint density at radius 1 is 0.840 bits per heavy atom. The number of anilines is 2. The maximum atomic E-state index is 6.19. The number of nitrogens with zero attached hydrogens (tertiary/aromatic N) is 7. The summed E-state index contributed by atoms with van der Waals surface area (Å²) in [5, 5.41) is 10.4. The van der Waals surface area contributed by atoms with Crippen LogP contribution in [0.2, 0.25) is 0 Å². The number of piperidine rings is 2. The Bertz CT molecular complexity index is 1870. The number of aromatic nitrogens is 8. The van der Waals surface area contributed by atoms with Gasteiger partial charge in [0, 0.05) is 37.3 Å². The Morgan fingerprint density at radius 3 is 2.04 bits per heavy atom. The fourth-order valence-electron chi connectivity index (χ4n) is 6.45. The molecule has 0 amide bonds. The van der Waals surface area contributed by atoms with Crippen LogP contribution in [0.5, 0.6) is 11.5 Å². The number of hydrogen-bond donors (Lipinski definition) is 5. The van der Waals surface area contributed by atoms with E-state index in [1.54, 1.807) is 25.3 Å². The number of hydrogen-bond acceptors (Lipinski definition) is 12. The van der Waals surface area contributed by atoms with Crippen molar-refractivity contribution >= 4 is 64.9 Å². The zero-order valence-corrected chi connectivity index (χ0v) is 30.2. The number of benzene rings is 1. The molecule has 268 valence electrons. The molecule has 3 aliphatic heterocycles. The first-order valence-corrected chi connectivity index (χ1v) is 16.9. The summed E-state index contributed by atoms with van der Waals surface area (Å²) in [4.78, 5) is 33.9. The van der Waals surface area contributed by atoms with E-state index >= 15 is 0 Å². The molecule has 0 atom stereocenters. The molecule has 0 saturated carbocycles. The molecule has 1 aromatic carbocycles. The van der Waals surface area contributed by atoms with E-state index in [2.05, 4.69) is 98.9 Å². The monoisotopic (exact) mass is 724 g/mol. The molecule has 0 bridgehead atoms. The normalized spacial score (nSPS) is 17.4. The summed E-state index contributed by atoms with van der Waals surface area (Å²) in [6.07, 6.45) is 15.0. The van der Waals surface area contributed by atoms with Crippen molar-refractivity contribution in [1.82, 2.24) is 50.1 Å². The number of rotatable bonds is 8. The molecule has 16 heteroatoms. The summed E-state index contributed by atoms with van der Waals surface area (Å²) >= 11 is 0. The highest BCUT2D eigenvalue weighted by Gasteiger charge is 2.26. The van der Waals surface area contributed by atoms with Crippen molar-refractivity contribution in [2.45, 2.75) is 70.7 Å². The van der Waals surface area contributed by atoms with Gasteiger partial charge in [0.05, 0.1) is 19.3 Å². The molecule has 0 unspecified atom stereocenters. The molecule has 0 spiro atoms. The topological polar surface area (TPSA) is 167 Å². The van der Waals surface area contributed by atoms with Crippen LogP contribution in [0.4, 0.5) is 11.6 Å². The molecule has 0 radical (unpaired) electrons. The van der Waals surface area contributed by atoms with Gasteiger partial charge >= 0.3 is 0 Å². The number of likely N-dealkylation sites (tertiary alicyclic amines) is 1. The maximum Gasteiger partial charge on any atom is 0.182 e. The summed E-state index contributed by atoms with van der Waals surface area (Å²) in [5.41, 5.74) is 5.19. The average molecular weight is 726 g/mol. The minimum absolute atomic E-state index is 0. The molecular formula is C34H46Cl2N12O2. The van der Waals surface area contributed by atoms with Gasteiger partial charge in [0.25, 0.3) is 0 Å². The molecule has 5 N–H and O–H groups in total. The van der Waals surface area contributed by atoms with Gasteiger partial charge < -0.3 is 35.4 Å². The largest absolute Gasteiger partial charge is 0.490 e. The number of fused-ring (bicyclic) bond motifs is 3. The molecule has 3 aliphatic rings. The molecule has 7 heterocycles. The van der Waals surface area contributed by atoms with E-state index in [9.17, 15) is 0 Å². The lowest BCUT2D eigenvalue weighted by Crippen LogP contribution is -2.38. The summed E-state index contributed by atoms with van der Waals surface area (Å²) in [6.45, 7) is 11.8. The molecule has 2 saturated heterocycles. The Kier molecular flexibility index (Phi) is 12.3. The van der Waals surface area contributed by atoms with Crippen LogP contribution in [-0.2, 0) is 6.54 Å². The SMILES string of the molecule is CCOc1cc(CN2CCC(Nc3ncnc4nc[nH]c34)CC2)cc2c1OC(C)(C)C=C2.Cl.Cl.c1nc(NC2CCNCC2)c2[nH]cnc2n1. The molecule has 2 fully saturated rings. The first kappa shape index (κ1) is 37.0.